The summed E-state index contributed by atoms with van der Waals surface area (Å²) in [6, 6.07) is 6.09. The minimum Gasteiger partial charge on any atom is -0.492 e. The zero-order valence-electron chi connectivity index (χ0n) is 14.2. The van der Waals surface area contributed by atoms with Crippen molar-refractivity contribution in [2.45, 2.75) is 40.3 Å². The van der Waals surface area contributed by atoms with Gasteiger partial charge < -0.3 is 9.84 Å². The average Bonchev–Trinajstić information content (AvgIpc) is 2.66. The Morgan fingerprint density at radius 3 is 2.73 bits per heavy atom. The number of rotatable bonds is 5. The van der Waals surface area contributed by atoms with Crippen molar-refractivity contribution in [1.29, 1.82) is 0 Å². The molecule has 1 aliphatic rings. The van der Waals surface area contributed by atoms with Crippen molar-refractivity contribution in [1.82, 2.24) is 4.90 Å². The van der Waals surface area contributed by atoms with Gasteiger partial charge in [0.2, 0.25) is 0 Å². The first-order valence-corrected chi connectivity index (χ1v) is 8.30. The minimum absolute atomic E-state index is 0.217. The van der Waals surface area contributed by atoms with E-state index in [1.54, 1.807) is 0 Å². The number of aliphatic hydroxyl groups is 1. The summed E-state index contributed by atoms with van der Waals surface area (Å²) in [5, 5.41) is 10.3. The second-order valence-corrected chi connectivity index (χ2v) is 6.81. The molecule has 122 valence electrons. The molecule has 0 radical (unpaired) electrons. The quantitative estimate of drug-likeness (QED) is 0.840. The van der Waals surface area contributed by atoms with Gasteiger partial charge in [0.1, 0.15) is 12.4 Å². The summed E-state index contributed by atoms with van der Waals surface area (Å²) in [6.07, 6.45) is 4.07. The van der Waals surface area contributed by atoms with Crippen LogP contribution in [-0.4, -0.2) is 29.7 Å². The number of nitrogens with zero attached hydrogens (tertiary/aromatic N) is 1. The van der Waals surface area contributed by atoms with Gasteiger partial charge in [-0.2, -0.15) is 0 Å². The first-order valence-electron chi connectivity index (χ1n) is 8.30. The van der Waals surface area contributed by atoms with Gasteiger partial charge in [-0.25, -0.2) is 0 Å². The number of hydrogen-bond donors (Lipinski definition) is 1. The van der Waals surface area contributed by atoms with Gasteiger partial charge in [-0.3, -0.25) is 4.90 Å². The molecule has 0 saturated heterocycles. The van der Waals surface area contributed by atoms with E-state index in [-0.39, 0.29) is 5.92 Å². The number of hydrogen-bond acceptors (Lipinski definition) is 3. The molecule has 1 heterocycles. The fourth-order valence-electron chi connectivity index (χ4n) is 2.68. The van der Waals surface area contributed by atoms with Crippen LogP contribution >= 0.6 is 0 Å². The van der Waals surface area contributed by atoms with Crippen LogP contribution in [0.2, 0.25) is 0 Å². The minimum atomic E-state index is -0.414. The number of ether oxygens (including phenoxy) is 1. The summed E-state index contributed by atoms with van der Waals surface area (Å²) >= 11 is 0. The van der Waals surface area contributed by atoms with Crippen molar-refractivity contribution in [2.24, 2.45) is 11.8 Å². The highest BCUT2D eigenvalue weighted by molar-refractivity contribution is 5.38. The maximum atomic E-state index is 10.3. The lowest BCUT2D eigenvalue weighted by molar-refractivity contribution is 0.126. The molecule has 0 aromatic heterocycles. The number of allylic oxidation sites excluding steroid dienone is 1. The molecule has 0 spiro atoms. The lowest BCUT2D eigenvalue weighted by Crippen LogP contribution is -2.25. The van der Waals surface area contributed by atoms with E-state index in [4.69, 9.17) is 4.74 Å². The third-order valence-electron chi connectivity index (χ3n) is 4.00. The molecule has 1 N–H and O–H groups in total. The molecule has 1 atom stereocenters. The van der Waals surface area contributed by atoms with Crippen LogP contribution in [-0.2, 0) is 6.54 Å². The fourth-order valence-corrected chi connectivity index (χ4v) is 2.68. The molecular formula is C19H29NO2. The van der Waals surface area contributed by atoms with Crippen LogP contribution in [0, 0.1) is 11.8 Å². The molecule has 3 heteroatoms. The third kappa shape index (κ3) is 4.59. The normalized spacial score (nSPS) is 17.6. The van der Waals surface area contributed by atoms with Gasteiger partial charge in [-0.05, 0) is 29.5 Å². The van der Waals surface area contributed by atoms with E-state index in [0.717, 1.165) is 30.9 Å². The van der Waals surface area contributed by atoms with Crippen LogP contribution in [0.1, 0.15) is 44.9 Å². The Bertz CT molecular complexity index is 508. The molecule has 0 fully saturated rings. The van der Waals surface area contributed by atoms with E-state index in [9.17, 15) is 5.11 Å². The van der Waals surface area contributed by atoms with Gasteiger partial charge in [-0.1, -0.05) is 45.9 Å². The van der Waals surface area contributed by atoms with Crippen LogP contribution in [0.4, 0.5) is 0 Å². The maximum Gasteiger partial charge on any atom is 0.123 e. The van der Waals surface area contributed by atoms with E-state index in [1.165, 1.54) is 5.56 Å². The predicted octanol–water partition coefficient (Wildman–Crippen LogP) is 3.78. The van der Waals surface area contributed by atoms with Crippen LogP contribution < -0.4 is 4.74 Å². The monoisotopic (exact) mass is 303 g/mol. The topological polar surface area (TPSA) is 32.7 Å². The van der Waals surface area contributed by atoms with E-state index in [1.807, 2.05) is 26.0 Å². The Labute approximate surface area is 134 Å². The first kappa shape index (κ1) is 17.0. The number of aliphatic hydroxyl groups excluding tert-OH is 1. The Kier molecular flexibility index (Phi) is 6.04. The van der Waals surface area contributed by atoms with Crippen molar-refractivity contribution in [2.75, 3.05) is 19.7 Å². The second kappa shape index (κ2) is 7.80. The molecule has 1 aromatic carbocycles. The van der Waals surface area contributed by atoms with E-state index in [2.05, 4.69) is 37.0 Å². The summed E-state index contributed by atoms with van der Waals surface area (Å²) in [5.41, 5.74) is 2.16. The molecule has 1 unspecified atom stereocenters. The highest BCUT2D eigenvalue weighted by Crippen LogP contribution is 2.29. The van der Waals surface area contributed by atoms with Crippen molar-refractivity contribution in [3.63, 3.8) is 0 Å². The number of benzene rings is 1. The molecule has 1 aromatic rings. The SMILES string of the molecule is CC(C)C=CCN1CCOc2ccc(C(O)C(C)C)cc2C1. The molecular weight excluding hydrogens is 274 g/mol. The van der Waals surface area contributed by atoms with Crippen LogP contribution in [0.15, 0.2) is 30.4 Å². The lowest BCUT2D eigenvalue weighted by atomic mass is 9.97. The molecule has 22 heavy (non-hydrogen) atoms. The summed E-state index contributed by atoms with van der Waals surface area (Å²) in [6.45, 7) is 11.9. The lowest BCUT2D eigenvalue weighted by Gasteiger charge is -2.19. The number of fused-ring (bicyclic) bond motifs is 1. The van der Waals surface area contributed by atoms with E-state index >= 15 is 0 Å². The van der Waals surface area contributed by atoms with E-state index in [0.29, 0.717) is 12.5 Å². The summed E-state index contributed by atoms with van der Waals surface area (Å²) in [4.78, 5) is 2.39. The van der Waals surface area contributed by atoms with Crippen molar-refractivity contribution in [3.8, 4) is 5.75 Å². The van der Waals surface area contributed by atoms with E-state index < -0.39 is 6.10 Å². The highest BCUT2D eigenvalue weighted by atomic mass is 16.5. The zero-order chi connectivity index (χ0) is 16.1. The Morgan fingerprint density at radius 2 is 2.05 bits per heavy atom. The molecule has 3 nitrogen and oxygen atoms in total. The standard InChI is InChI=1S/C19H29NO2/c1-14(2)6-5-9-20-10-11-22-18-8-7-16(12-17(18)13-20)19(21)15(3)4/h5-8,12,14-15,19,21H,9-11,13H2,1-4H3. The summed E-state index contributed by atoms with van der Waals surface area (Å²) in [7, 11) is 0. The van der Waals surface area contributed by atoms with Gasteiger partial charge in [0.05, 0.1) is 6.10 Å². The molecule has 0 bridgehead atoms. The molecule has 1 aliphatic heterocycles. The second-order valence-electron chi connectivity index (χ2n) is 6.81. The molecule has 0 amide bonds. The largest absolute Gasteiger partial charge is 0.492 e. The Morgan fingerprint density at radius 1 is 1.27 bits per heavy atom. The summed E-state index contributed by atoms with van der Waals surface area (Å²) < 4.78 is 5.85. The highest BCUT2D eigenvalue weighted by Gasteiger charge is 2.18. The fraction of sp³-hybridized carbons (Fsp3) is 0.579. The average molecular weight is 303 g/mol. The summed E-state index contributed by atoms with van der Waals surface area (Å²) in [5.74, 6) is 1.76. The predicted molar refractivity (Wildman–Crippen MR) is 91.0 cm³/mol. The molecule has 0 aliphatic carbocycles. The van der Waals surface area contributed by atoms with Gasteiger partial charge in [0, 0.05) is 25.2 Å². The van der Waals surface area contributed by atoms with Gasteiger partial charge >= 0.3 is 0 Å². The Hall–Kier alpha value is -1.32. The van der Waals surface area contributed by atoms with Crippen LogP contribution in [0.25, 0.3) is 0 Å². The van der Waals surface area contributed by atoms with Crippen LogP contribution in [0.5, 0.6) is 5.75 Å². The van der Waals surface area contributed by atoms with Crippen molar-refractivity contribution >= 4 is 0 Å². The van der Waals surface area contributed by atoms with Gasteiger partial charge in [0.15, 0.2) is 0 Å². The van der Waals surface area contributed by atoms with Crippen LogP contribution in [0.3, 0.4) is 0 Å². The van der Waals surface area contributed by atoms with Gasteiger partial charge in [0.25, 0.3) is 0 Å². The van der Waals surface area contributed by atoms with Crippen molar-refractivity contribution in [3.05, 3.63) is 41.5 Å². The molecule has 2 rings (SSSR count). The maximum absolute atomic E-state index is 10.3. The Balaban J connectivity index is 2.12. The smallest absolute Gasteiger partial charge is 0.123 e. The first-order chi connectivity index (χ1) is 10.5. The van der Waals surface area contributed by atoms with Gasteiger partial charge in [-0.15, -0.1) is 0 Å². The molecule has 0 saturated carbocycles. The van der Waals surface area contributed by atoms with Crippen molar-refractivity contribution < 1.29 is 9.84 Å². The third-order valence-corrected chi connectivity index (χ3v) is 4.00. The zero-order valence-corrected chi connectivity index (χ0v) is 14.2.